The van der Waals surface area contributed by atoms with Crippen LogP contribution in [0.2, 0.25) is 5.02 Å². The molecular weight excluding hydrogens is 404 g/mol. The quantitative estimate of drug-likeness (QED) is 0.528. The second-order valence-electron chi connectivity index (χ2n) is 7.11. The Kier molecular flexibility index (Phi) is 9.55. The minimum atomic E-state index is -0.525. The molecule has 0 bridgehead atoms. The summed E-state index contributed by atoms with van der Waals surface area (Å²) in [6.07, 6.45) is 0.899. The fourth-order valence-electron chi connectivity index (χ4n) is 3.03. The van der Waals surface area contributed by atoms with E-state index in [9.17, 15) is 9.59 Å². The van der Waals surface area contributed by atoms with Gasteiger partial charge >= 0.3 is 0 Å². The van der Waals surface area contributed by atoms with E-state index in [0.717, 1.165) is 10.5 Å². The molecule has 6 heteroatoms. The van der Waals surface area contributed by atoms with Crippen molar-refractivity contribution in [3.8, 4) is 0 Å². The Balaban J connectivity index is 2.14. The van der Waals surface area contributed by atoms with Gasteiger partial charge < -0.3 is 10.2 Å². The molecule has 1 N–H and O–H groups in total. The van der Waals surface area contributed by atoms with Gasteiger partial charge in [0.05, 0.1) is 0 Å². The zero-order valence-electron chi connectivity index (χ0n) is 17.2. The lowest BCUT2D eigenvalue weighted by Crippen LogP contribution is -2.50. The summed E-state index contributed by atoms with van der Waals surface area (Å²) in [7, 11) is 0. The van der Waals surface area contributed by atoms with Gasteiger partial charge in [0.1, 0.15) is 6.04 Å². The Morgan fingerprint density at radius 2 is 1.72 bits per heavy atom. The lowest BCUT2D eigenvalue weighted by atomic mass is 10.1. The van der Waals surface area contributed by atoms with E-state index in [1.54, 1.807) is 22.7 Å². The first kappa shape index (κ1) is 23.3. The number of hydrogen-bond acceptors (Lipinski definition) is 3. The Morgan fingerprint density at radius 3 is 2.34 bits per heavy atom. The summed E-state index contributed by atoms with van der Waals surface area (Å²) in [5.74, 6) is 0.488. The fourth-order valence-corrected chi connectivity index (χ4v) is 4.08. The summed E-state index contributed by atoms with van der Waals surface area (Å²) in [6.45, 7) is 6.08. The normalized spacial score (nSPS) is 11.9. The van der Waals surface area contributed by atoms with Gasteiger partial charge in [0.2, 0.25) is 11.8 Å². The molecule has 1 unspecified atom stereocenters. The molecule has 156 valence electrons. The summed E-state index contributed by atoms with van der Waals surface area (Å²) < 4.78 is 0. The van der Waals surface area contributed by atoms with Crippen LogP contribution in [0.3, 0.4) is 0 Å². The average Bonchev–Trinajstić information content (AvgIpc) is 2.69. The highest BCUT2D eigenvalue weighted by Crippen LogP contribution is 2.22. The number of nitrogens with one attached hydrogen (secondary N) is 1. The number of thioether (sulfide) groups is 1. The Morgan fingerprint density at radius 1 is 1.07 bits per heavy atom. The molecule has 0 saturated carbocycles. The van der Waals surface area contributed by atoms with Crippen molar-refractivity contribution in [1.82, 2.24) is 10.2 Å². The molecule has 29 heavy (non-hydrogen) atoms. The topological polar surface area (TPSA) is 49.4 Å². The number of carbonyl (C=O) groups excluding carboxylic acids is 2. The van der Waals surface area contributed by atoms with Crippen LogP contribution in [-0.4, -0.2) is 34.6 Å². The predicted octanol–water partition coefficient (Wildman–Crippen LogP) is 5.15. The van der Waals surface area contributed by atoms with Crippen LogP contribution < -0.4 is 5.32 Å². The van der Waals surface area contributed by atoms with Gasteiger partial charge in [-0.3, -0.25) is 9.59 Å². The molecule has 2 aromatic rings. The van der Waals surface area contributed by atoms with Gasteiger partial charge in [-0.15, -0.1) is 11.8 Å². The summed E-state index contributed by atoms with van der Waals surface area (Å²) in [4.78, 5) is 28.7. The maximum Gasteiger partial charge on any atom is 0.243 e. The zero-order chi connectivity index (χ0) is 21.2. The number of rotatable bonds is 10. The van der Waals surface area contributed by atoms with Gasteiger partial charge in [0.15, 0.2) is 0 Å². The number of benzene rings is 2. The molecule has 0 aromatic heterocycles. The van der Waals surface area contributed by atoms with Crippen LogP contribution in [0.5, 0.6) is 0 Å². The molecule has 0 radical (unpaired) electrons. The average molecular weight is 433 g/mol. The summed E-state index contributed by atoms with van der Waals surface area (Å²) >= 11 is 7.97. The maximum atomic E-state index is 13.1. The minimum Gasteiger partial charge on any atom is -0.352 e. The van der Waals surface area contributed by atoms with Crippen LogP contribution in [0.15, 0.2) is 59.5 Å². The second kappa shape index (κ2) is 11.9. The monoisotopic (exact) mass is 432 g/mol. The largest absolute Gasteiger partial charge is 0.352 e. The first-order valence-electron chi connectivity index (χ1n) is 9.93. The number of amides is 2. The Bertz CT molecular complexity index is 798. The summed E-state index contributed by atoms with van der Waals surface area (Å²) in [6, 6.07) is 16.9. The smallest absolute Gasteiger partial charge is 0.243 e. The van der Waals surface area contributed by atoms with Crippen LogP contribution in [-0.2, 0) is 16.1 Å². The Hall–Kier alpha value is -1.98. The first-order chi connectivity index (χ1) is 13.9. The minimum absolute atomic E-state index is 0.0162. The number of carbonyl (C=O) groups is 2. The van der Waals surface area contributed by atoms with Crippen LogP contribution in [0.4, 0.5) is 0 Å². The second-order valence-corrected chi connectivity index (χ2v) is 8.69. The SMILES string of the molecule is CCC(C(=O)NC(C)C)N(Cc1ccccc1Cl)C(=O)CCSc1ccccc1. The molecule has 0 aliphatic rings. The van der Waals surface area contributed by atoms with Crippen molar-refractivity contribution in [2.45, 2.75) is 57.1 Å². The van der Waals surface area contributed by atoms with E-state index in [2.05, 4.69) is 5.32 Å². The molecule has 0 aliphatic heterocycles. The molecule has 2 aromatic carbocycles. The number of hydrogen-bond donors (Lipinski definition) is 1. The maximum absolute atomic E-state index is 13.1. The molecule has 4 nitrogen and oxygen atoms in total. The highest BCUT2D eigenvalue weighted by molar-refractivity contribution is 7.99. The van der Waals surface area contributed by atoms with Crippen molar-refractivity contribution >= 4 is 35.2 Å². The standard InChI is InChI=1S/C23H29ClN2O2S/c1-4-21(23(28)25-17(2)3)26(16-18-10-8-9-13-20(18)24)22(27)14-15-29-19-11-6-5-7-12-19/h5-13,17,21H,4,14-16H2,1-3H3,(H,25,28). The lowest BCUT2D eigenvalue weighted by Gasteiger charge is -2.31. The molecular formula is C23H29ClN2O2S. The van der Waals surface area contributed by atoms with Gasteiger partial charge in [-0.1, -0.05) is 54.9 Å². The third-order valence-electron chi connectivity index (χ3n) is 4.44. The van der Waals surface area contributed by atoms with Crippen molar-refractivity contribution in [2.75, 3.05) is 5.75 Å². The Labute approximate surface area is 183 Å². The van der Waals surface area contributed by atoms with Crippen LogP contribution >= 0.6 is 23.4 Å². The first-order valence-corrected chi connectivity index (χ1v) is 11.3. The van der Waals surface area contributed by atoms with Gasteiger partial charge in [-0.25, -0.2) is 0 Å². The van der Waals surface area contributed by atoms with Crippen LogP contribution in [0, 0.1) is 0 Å². The molecule has 0 aliphatic carbocycles. The van der Waals surface area contributed by atoms with Crippen LogP contribution in [0.1, 0.15) is 39.2 Å². The van der Waals surface area contributed by atoms with Gasteiger partial charge in [0.25, 0.3) is 0 Å². The predicted molar refractivity (Wildman–Crippen MR) is 121 cm³/mol. The number of nitrogens with zero attached hydrogens (tertiary/aromatic N) is 1. The van der Waals surface area contributed by atoms with Crippen molar-refractivity contribution in [3.63, 3.8) is 0 Å². The van der Waals surface area contributed by atoms with Gasteiger partial charge in [0, 0.05) is 34.7 Å². The van der Waals surface area contributed by atoms with E-state index in [-0.39, 0.29) is 17.9 Å². The highest BCUT2D eigenvalue weighted by atomic mass is 35.5. The molecule has 0 heterocycles. The molecule has 2 rings (SSSR count). The van der Waals surface area contributed by atoms with Crippen LogP contribution in [0.25, 0.3) is 0 Å². The van der Waals surface area contributed by atoms with Crippen molar-refractivity contribution < 1.29 is 9.59 Å². The summed E-state index contributed by atoms with van der Waals surface area (Å²) in [5.41, 5.74) is 0.842. The van der Waals surface area contributed by atoms with E-state index in [1.807, 2.05) is 69.3 Å². The van der Waals surface area contributed by atoms with Gasteiger partial charge in [-0.2, -0.15) is 0 Å². The van der Waals surface area contributed by atoms with E-state index in [0.29, 0.717) is 30.2 Å². The molecule has 0 spiro atoms. The van der Waals surface area contributed by atoms with E-state index >= 15 is 0 Å². The number of halogens is 1. The lowest BCUT2D eigenvalue weighted by molar-refractivity contribution is -0.141. The fraction of sp³-hybridized carbons (Fsp3) is 0.391. The van der Waals surface area contributed by atoms with Crippen molar-refractivity contribution in [1.29, 1.82) is 0 Å². The van der Waals surface area contributed by atoms with Gasteiger partial charge in [-0.05, 0) is 44.0 Å². The van der Waals surface area contributed by atoms with E-state index in [1.165, 1.54) is 0 Å². The summed E-state index contributed by atoms with van der Waals surface area (Å²) in [5, 5.41) is 3.54. The zero-order valence-corrected chi connectivity index (χ0v) is 18.8. The van der Waals surface area contributed by atoms with E-state index in [4.69, 9.17) is 11.6 Å². The molecule has 0 saturated heterocycles. The van der Waals surface area contributed by atoms with Crippen molar-refractivity contribution in [3.05, 3.63) is 65.2 Å². The molecule has 1 atom stereocenters. The third-order valence-corrected chi connectivity index (χ3v) is 5.83. The van der Waals surface area contributed by atoms with Crippen molar-refractivity contribution in [2.24, 2.45) is 0 Å². The molecule has 2 amide bonds. The highest BCUT2D eigenvalue weighted by Gasteiger charge is 2.29. The molecule has 0 fully saturated rings. The van der Waals surface area contributed by atoms with E-state index < -0.39 is 6.04 Å². The third kappa shape index (κ3) is 7.41.